The summed E-state index contributed by atoms with van der Waals surface area (Å²) in [5, 5.41) is 3.02. The van der Waals surface area contributed by atoms with Crippen LogP contribution in [0.25, 0.3) is 0 Å². The largest absolute Gasteiger partial charge is 0.372 e. The molecule has 0 unspecified atom stereocenters. The Bertz CT molecular complexity index is 722. The molecule has 0 radical (unpaired) electrons. The van der Waals surface area contributed by atoms with Crippen LogP contribution in [-0.2, 0) is 17.8 Å². The molecule has 0 spiro atoms. The van der Waals surface area contributed by atoms with Crippen LogP contribution in [0.1, 0.15) is 31.4 Å². The topological polar surface area (TPSA) is 35.6 Å². The summed E-state index contributed by atoms with van der Waals surface area (Å²) in [7, 11) is 0. The average Bonchev–Trinajstić information content (AvgIpc) is 2.68. The van der Waals surface area contributed by atoms with Gasteiger partial charge in [0.05, 0.1) is 0 Å². The summed E-state index contributed by atoms with van der Waals surface area (Å²) in [6.07, 6.45) is 1.60. The zero-order chi connectivity index (χ0) is 18.4. The van der Waals surface area contributed by atoms with Crippen molar-refractivity contribution in [3.63, 3.8) is 0 Å². The first-order chi connectivity index (χ1) is 12.7. The second-order valence-corrected chi connectivity index (χ2v) is 6.81. The molecule has 1 aliphatic rings. The quantitative estimate of drug-likeness (QED) is 0.821. The van der Waals surface area contributed by atoms with Gasteiger partial charge in [-0.1, -0.05) is 24.3 Å². The molecule has 1 aliphatic heterocycles. The summed E-state index contributed by atoms with van der Waals surface area (Å²) >= 11 is 0. The Balaban J connectivity index is 1.47. The summed E-state index contributed by atoms with van der Waals surface area (Å²) in [4.78, 5) is 16.9. The van der Waals surface area contributed by atoms with E-state index < -0.39 is 0 Å². The van der Waals surface area contributed by atoms with E-state index in [0.717, 1.165) is 44.8 Å². The van der Waals surface area contributed by atoms with Gasteiger partial charge in [-0.15, -0.1) is 0 Å². The van der Waals surface area contributed by atoms with Crippen molar-refractivity contribution in [3.8, 4) is 0 Å². The second-order valence-electron chi connectivity index (χ2n) is 6.81. The number of benzene rings is 2. The van der Waals surface area contributed by atoms with Crippen LogP contribution in [-0.4, -0.2) is 37.0 Å². The van der Waals surface area contributed by atoms with Crippen LogP contribution in [0.5, 0.6) is 0 Å². The van der Waals surface area contributed by atoms with Crippen LogP contribution in [0.15, 0.2) is 48.5 Å². The number of anilines is 2. The van der Waals surface area contributed by atoms with Gasteiger partial charge in [0.25, 0.3) is 0 Å². The summed E-state index contributed by atoms with van der Waals surface area (Å²) in [5.41, 5.74) is 4.91. The lowest BCUT2D eigenvalue weighted by molar-refractivity contribution is -0.116. The number of carbonyl (C=O) groups is 1. The molecular weight excluding hydrogens is 322 g/mol. The van der Waals surface area contributed by atoms with Gasteiger partial charge in [-0.05, 0) is 55.7 Å². The van der Waals surface area contributed by atoms with Gasteiger partial charge in [0.2, 0.25) is 5.91 Å². The van der Waals surface area contributed by atoms with Gasteiger partial charge in [0, 0.05) is 50.5 Å². The van der Waals surface area contributed by atoms with E-state index in [1.165, 1.54) is 16.8 Å². The van der Waals surface area contributed by atoms with Gasteiger partial charge in [-0.25, -0.2) is 0 Å². The minimum Gasteiger partial charge on any atom is -0.372 e. The molecule has 3 rings (SSSR count). The van der Waals surface area contributed by atoms with Crippen LogP contribution in [0.2, 0.25) is 0 Å². The Morgan fingerprint density at radius 1 is 1.04 bits per heavy atom. The maximum Gasteiger partial charge on any atom is 0.225 e. The molecule has 0 aliphatic carbocycles. The molecule has 1 heterocycles. The van der Waals surface area contributed by atoms with E-state index in [-0.39, 0.29) is 5.91 Å². The molecule has 1 N–H and O–H groups in total. The Morgan fingerprint density at radius 3 is 2.42 bits per heavy atom. The molecule has 2 aromatic carbocycles. The number of rotatable bonds is 7. The molecule has 4 nitrogen and oxygen atoms in total. The predicted molar refractivity (Wildman–Crippen MR) is 109 cm³/mol. The van der Waals surface area contributed by atoms with E-state index in [0.29, 0.717) is 6.42 Å². The molecule has 0 fully saturated rings. The van der Waals surface area contributed by atoms with E-state index in [1.807, 2.05) is 12.1 Å². The van der Waals surface area contributed by atoms with Gasteiger partial charge in [0.1, 0.15) is 0 Å². The van der Waals surface area contributed by atoms with Crippen LogP contribution in [0.3, 0.4) is 0 Å². The molecule has 0 aromatic heterocycles. The average molecular weight is 351 g/mol. The number of hydrogen-bond donors (Lipinski definition) is 1. The lowest BCUT2D eigenvalue weighted by Gasteiger charge is -2.28. The molecule has 0 saturated carbocycles. The smallest absolute Gasteiger partial charge is 0.225 e. The number of fused-ring (bicyclic) bond motifs is 1. The van der Waals surface area contributed by atoms with Gasteiger partial charge in [0.15, 0.2) is 0 Å². The van der Waals surface area contributed by atoms with Crippen LogP contribution < -0.4 is 10.2 Å². The standard InChI is InChI=1S/C22H29N3O/c1-3-25(4-2)21-11-9-20(10-12-21)23-22(26)14-16-24-15-13-18-7-5-6-8-19(18)17-24/h5-12H,3-4,13-17H2,1-2H3,(H,23,26). The zero-order valence-electron chi connectivity index (χ0n) is 15.9. The van der Waals surface area contributed by atoms with Crippen molar-refractivity contribution in [1.29, 1.82) is 0 Å². The van der Waals surface area contributed by atoms with E-state index in [9.17, 15) is 4.79 Å². The maximum atomic E-state index is 12.3. The first-order valence-corrected chi connectivity index (χ1v) is 9.63. The third-order valence-electron chi connectivity index (χ3n) is 5.14. The van der Waals surface area contributed by atoms with Crippen molar-refractivity contribution in [2.45, 2.75) is 33.2 Å². The predicted octanol–water partition coefficient (Wildman–Crippen LogP) is 3.92. The van der Waals surface area contributed by atoms with Gasteiger partial charge < -0.3 is 10.2 Å². The van der Waals surface area contributed by atoms with Gasteiger partial charge in [-0.2, -0.15) is 0 Å². The summed E-state index contributed by atoms with van der Waals surface area (Å²) < 4.78 is 0. The lowest BCUT2D eigenvalue weighted by Crippen LogP contribution is -2.33. The summed E-state index contributed by atoms with van der Waals surface area (Å²) in [6.45, 7) is 9.06. The Kier molecular flexibility index (Phi) is 6.29. The number of amides is 1. The highest BCUT2D eigenvalue weighted by molar-refractivity contribution is 5.91. The molecular formula is C22H29N3O. The summed E-state index contributed by atoms with van der Waals surface area (Å²) in [6, 6.07) is 16.7. The number of nitrogens with one attached hydrogen (secondary N) is 1. The second kappa shape index (κ2) is 8.86. The van der Waals surface area contributed by atoms with E-state index in [2.05, 4.69) is 65.4 Å². The third kappa shape index (κ3) is 4.64. The Morgan fingerprint density at radius 2 is 1.73 bits per heavy atom. The highest BCUT2D eigenvalue weighted by atomic mass is 16.1. The van der Waals surface area contributed by atoms with Crippen molar-refractivity contribution in [2.75, 3.05) is 36.4 Å². The van der Waals surface area contributed by atoms with Crippen molar-refractivity contribution in [3.05, 3.63) is 59.7 Å². The SMILES string of the molecule is CCN(CC)c1ccc(NC(=O)CCN2CCc3ccccc3C2)cc1. The van der Waals surface area contributed by atoms with Crippen molar-refractivity contribution >= 4 is 17.3 Å². The molecule has 26 heavy (non-hydrogen) atoms. The number of nitrogens with zero attached hydrogens (tertiary/aromatic N) is 2. The van der Waals surface area contributed by atoms with Crippen molar-refractivity contribution < 1.29 is 4.79 Å². The fourth-order valence-corrected chi connectivity index (χ4v) is 3.57. The fourth-order valence-electron chi connectivity index (χ4n) is 3.57. The monoisotopic (exact) mass is 351 g/mol. The Labute approximate surface area is 156 Å². The van der Waals surface area contributed by atoms with E-state index in [1.54, 1.807) is 0 Å². The van der Waals surface area contributed by atoms with E-state index >= 15 is 0 Å². The highest BCUT2D eigenvalue weighted by Gasteiger charge is 2.16. The normalized spacial score (nSPS) is 13.9. The first-order valence-electron chi connectivity index (χ1n) is 9.63. The molecule has 0 bridgehead atoms. The highest BCUT2D eigenvalue weighted by Crippen LogP contribution is 2.19. The molecule has 0 atom stereocenters. The number of hydrogen-bond acceptors (Lipinski definition) is 3. The zero-order valence-corrected chi connectivity index (χ0v) is 15.9. The van der Waals surface area contributed by atoms with Crippen molar-refractivity contribution in [2.24, 2.45) is 0 Å². The van der Waals surface area contributed by atoms with Crippen LogP contribution >= 0.6 is 0 Å². The molecule has 4 heteroatoms. The number of carbonyl (C=O) groups excluding carboxylic acids is 1. The summed E-state index contributed by atoms with van der Waals surface area (Å²) in [5.74, 6) is 0.0828. The lowest BCUT2D eigenvalue weighted by atomic mass is 10.00. The molecule has 0 saturated heterocycles. The van der Waals surface area contributed by atoms with Gasteiger partial charge >= 0.3 is 0 Å². The third-order valence-corrected chi connectivity index (χ3v) is 5.14. The fraction of sp³-hybridized carbons (Fsp3) is 0.409. The first kappa shape index (κ1) is 18.5. The minimum atomic E-state index is 0.0828. The van der Waals surface area contributed by atoms with Gasteiger partial charge in [-0.3, -0.25) is 9.69 Å². The molecule has 2 aromatic rings. The molecule has 1 amide bonds. The van der Waals surface area contributed by atoms with E-state index in [4.69, 9.17) is 0 Å². The van der Waals surface area contributed by atoms with Crippen LogP contribution in [0, 0.1) is 0 Å². The minimum absolute atomic E-state index is 0.0828. The van der Waals surface area contributed by atoms with Crippen molar-refractivity contribution in [1.82, 2.24) is 4.90 Å². The Hall–Kier alpha value is -2.33. The van der Waals surface area contributed by atoms with Crippen LogP contribution in [0.4, 0.5) is 11.4 Å². The maximum absolute atomic E-state index is 12.3. The molecule has 138 valence electrons.